The number of ether oxygens (including phenoxy) is 3. The first-order valence-corrected chi connectivity index (χ1v) is 8.32. The van der Waals surface area contributed by atoms with Gasteiger partial charge in [-0.05, 0) is 19.1 Å². The molecule has 0 aromatic heterocycles. The third-order valence-corrected chi connectivity index (χ3v) is 3.94. The Bertz CT molecular complexity index is 976. The Labute approximate surface area is 162 Å². The van der Waals surface area contributed by atoms with Gasteiger partial charge in [-0.25, -0.2) is 13.6 Å². The maximum Gasteiger partial charge on any atom is 0.346 e. The van der Waals surface area contributed by atoms with Gasteiger partial charge in [0, 0.05) is 6.07 Å². The number of anilines is 1. The number of nitrogens with one attached hydrogen (secondary N) is 1. The fraction of sp³-hybridized carbons (Fsp3) is 0.222. The van der Waals surface area contributed by atoms with Crippen LogP contribution >= 0.6 is 0 Å². The zero-order chi connectivity index (χ0) is 21.1. The molecular formula is C18H14F2N2O7. The SMILES string of the molecule is C[C@@H](OC(=O)c1cc2c(cc1[N+](=O)[O-])OCCO2)C(=O)Nc1c(F)cccc1F. The molecule has 152 valence electrons. The smallest absolute Gasteiger partial charge is 0.346 e. The van der Waals surface area contributed by atoms with Crippen LogP contribution in [-0.4, -0.2) is 36.1 Å². The summed E-state index contributed by atoms with van der Waals surface area (Å²) in [7, 11) is 0. The molecule has 1 aliphatic heterocycles. The van der Waals surface area contributed by atoms with Crippen LogP contribution in [-0.2, 0) is 9.53 Å². The Morgan fingerprint density at radius 2 is 1.76 bits per heavy atom. The van der Waals surface area contributed by atoms with Crippen molar-refractivity contribution in [1.82, 2.24) is 0 Å². The average molecular weight is 408 g/mol. The van der Waals surface area contributed by atoms with E-state index < -0.39 is 51.5 Å². The van der Waals surface area contributed by atoms with E-state index in [0.717, 1.165) is 37.3 Å². The van der Waals surface area contributed by atoms with Crippen LogP contribution in [0, 0.1) is 21.7 Å². The summed E-state index contributed by atoms with van der Waals surface area (Å²) in [5.74, 6) is -4.04. The van der Waals surface area contributed by atoms with E-state index in [1.165, 1.54) is 0 Å². The summed E-state index contributed by atoms with van der Waals surface area (Å²) in [6.45, 7) is 1.53. The normalized spacial score (nSPS) is 13.3. The van der Waals surface area contributed by atoms with Crippen molar-refractivity contribution in [2.75, 3.05) is 18.5 Å². The Hall–Kier alpha value is -3.76. The Kier molecular flexibility index (Phi) is 5.57. The highest BCUT2D eigenvalue weighted by molar-refractivity contribution is 5.99. The summed E-state index contributed by atoms with van der Waals surface area (Å²) in [5.41, 5.74) is -1.77. The van der Waals surface area contributed by atoms with Gasteiger partial charge in [-0.15, -0.1) is 0 Å². The van der Waals surface area contributed by atoms with Crippen molar-refractivity contribution >= 4 is 23.3 Å². The van der Waals surface area contributed by atoms with Crippen molar-refractivity contribution < 1.29 is 37.5 Å². The quantitative estimate of drug-likeness (QED) is 0.459. The topological polar surface area (TPSA) is 117 Å². The second kappa shape index (κ2) is 8.09. The van der Waals surface area contributed by atoms with Gasteiger partial charge < -0.3 is 19.5 Å². The molecule has 11 heteroatoms. The summed E-state index contributed by atoms with van der Waals surface area (Å²) >= 11 is 0. The van der Waals surface area contributed by atoms with Crippen LogP contribution in [0.5, 0.6) is 11.5 Å². The number of amides is 1. The number of carbonyl (C=O) groups is 2. The number of carbonyl (C=O) groups excluding carboxylic acids is 2. The molecule has 0 saturated carbocycles. The predicted molar refractivity (Wildman–Crippen MR) is 94.0 cm³/mol. The van der Waals surface area contributed by atoms with Crippen LogP contribution < -0.4 is 14.8 Å². The van der Waals surface area contributed by atoms with E-state index in [-0.39, 0.29) is 24.7 Å². The molecule has 0 fully saturated rings. The summed E-state index contributed by atoms with van der Waals surface area (Å²) < 4.78 is 42.7. The van der Waals surface area contributed by atoms with E-state index in [1.807, 2.05) is 5.32 Å². The van der Waals surface area contributed by atoms with Crippen molar-refractivity contribution in [3.8, 4) is 11.5 Å². The molecule has 1 N–H and O–H groups in total. The molecule has 1 amide bonds. The van der Waals surface area contributed by atoms with Gasteiger partial charge in [0.1, 0.15) is 36.1 Å². The van der Waals surface area contributed by atoms with Crippen LogP contribution in [0.3, 0.4) is 0 Å². The lowest BCUT2D eigenvalue weighted by Gasteiger charge is -2.19. The molecule has 3 rings (SSSR count). The third kappa shape index (κ3) is 4.23. The van der Waals surface area contributed by atoms with Gasteiger partial charge in [0.15, 0.2) is 17.6 Å². The van der Waals surface area contributed by atoms with E-state index >= 15 is 0 Å². The predicted octanol–water partition coefficient (Wildman–Crippen LogP) is 2.83. The van der Waals surface area contributed by atoms with Crippen molar-refractivity contribution in [3.63, 3.8) is 0 Å². The molecule has 0 radical (unpaired) electrons. The molecule has 1 heterocycles. The summed E-state index contributed by atoms with van der Waals surface area (Å²) in [6.07, 6.45) is -1.51. The highest BCUT2D eigenvalue weighted by Crippen LogP contribution is 2.37. The number of esters is 1. The van der Waals surface area contributed by atoms with Gasteiger partial charge in [0.25, 0.3) is 11.6 Å². The Morgan fingerprint density at radius 1 is 1.17 bits per heavy atom. The molecule has 9 nitrogen and oxygen atoms in total. The highest BCUT2D eigenvalue weighted by Gasteiger charge is 2.30. The average Bonchev–Trinajstić information content (AvgIpc) is 2.69. The highest BCUT2D eigenvalue weighted by atomic mass is 19.1. The second-order valence-electron chi connectivity index (χ2n) is 5.90. The molecular weight excluding hydrogens is 394 g/mol. The van der Waals surface area contributed by atoms with Gasteiger partial charge >= 0.3 is 5.97 Å². The van der Waals surface area contributed by atoms with Crippen molar-refractivity contribution in [2.24, 2.45) is 0 Å². The lowest BCUT2D eigenvalue weighted by Crippen LogP contribution is -2.31. The van der Waals surface area contributed by atoms with E-state index in [1.54, 1.807) is 0 Å². The van der Waals surface area contributed by atoms with Gasteiger partial charge in [-0.3, -0.25) is 14.9 Å². The maximum absolute atomic E-state index is 13.6. The second-order valence-corrected chi connectivity index (χ2v) is 5.90. The van der Waals surface area contributed by atoms with Crippen molar-refractivity contribution in [1.29, 1.82) is 0 Å². The number of rotatable bonds is 5. The van der Waals surface area contributed by atoms with E-state index in [4.69, 9.17) is 14.2 Å². The summed E-state index contributed by atoms with van der Waals surface area (Å²) in [4.78, 5) is 35.0. The molecule has 1 aliphatic rings. The largest absolute Gasteiger partial charge is 0.486 e. The van der Waals surface area contributed by atoms with E-state index in [0.29, 0.717) is 0 Å². The number of hydrogen-bond donors (Lipinski definition) is 1. The number of benzene rings is 2. The zero-order valence-corrected chi connectivity index (χ0v) is 14.9. The first-order valence-electron chi connectivity index (χ1n) is 8.32. The van der Waals surface area contributed by atoms with Crippen molar-refractivity contribution in [3.05, 3.63) is 57.6 Å². The van der Waals surface area contributed by atoms with Gasteiger partial charge in [-0.1, -0.05) is 6.07 Å². The number of hydrogen-bond acceptors (Lipinski definition) is 7. The minimum atomic E-state index is -1.51. The molecule has 2 aromatic carbocycles. The lowest BCUT2D eigenvalue weighted by atomic mass is 10.1. The third-order valence-electron chi connectivity index (χ3n) is 3.94. The molecule has 1 atom stereocenters. The van der Waals surface area contributed by atoms with Gasteiger partial charge in [-0.2, -0.15) is 0 Å². The van der Waals surface area contributed by atoms with Crippen LogP contribution in [0.2, 0.25) is 0 Å². The monoisotopic (exact) mass is 408 g/mol. The fourth-order valence-electron chi connectivity index (χ4n) is 2.51. The fourth-order valence-corrected chi connectivity index (χ4v) is 2.51. The number of nitro groups is 1. The minimum Gasteiger partial charge on any atom is -0.486 e. The number of halogens is 2. The Morgan fingerprint density at radius 3 is 2.34 bits per heavy atom. The molecule has 29 heavy (non-hydrogen) atoms. The lowest BCUT2D eigenvalue weighted by molar-refractivity contribution is -0.385. The number of nitro benzene ring substituents is 1. The molecule has 0 spiro atoms. The zero-order valence-electron chi connectivity index (χ0n) is 14.9. The number of para-hydroxylation sites is 1. The number of nitrogens with zero attached hydrogens (tertiary/aromatic N) is 1. The standard InChI is InChI=1S/C18H14F2N2O7/c1-9(17(23)21-16-11(19)3-2-4-12(16)20)29-18(24)10-7-14-15(28-6-5-27-14)8-13(10)22(25)26/h2-4,7-9H,5-6H2,1H3,(H,21,23)/t9-/m1/s1. The summed E-state index contributed by atoms with van der Waals surface area (Å²) in [5, 5.41) is 13.3. The van der Waals surface area contributed by atoms with E-state index in [2.05, 4.69) is 0 Å². The van der Waals surface area contributed by atoms with Crippen LogP contribution in [0.4, 0.5) is 20.2 Å². The molecule has 0 aliphatic carbocycles. The maximum atomic E-state index is 13.6. The minimum absolute atomic E-state index is 0.0975. The van der Waals surface area contributed by atoms with Crippen LogP contribution in [0.25, 0.3) is 0 Å². The van der Waals surface area contributed by atoms with E-state index in [9.17, 15) is 28.5 Å². The summed E-state index contributed by atoms with van der Waals surface area (Å²) in [6, 6.07) is 5.09. The van der Waals surface area contributed by atoms with Gasteiger partial charge in [0.05, 0.1) is 11.0 Å². The van der Waals surface area contributed by atoms with Crippen molar-refractivity contribution in [2.45, 2.75) is 13.0 Å². The first kappa shape index (κ1) is 20.0. The molecule has 0 saturated heterocycles. The number of fused-ring (bicyclic) bond motifs is 1. The first-order chi connectivity index (χ1) is 13.8. The Balaban J connectivity index is 1.79. The van der Waals surface area contributed by atoms with Crippen LogP contribution in [0.1, 0.15) is 17.3 Å². The molecule has 0 bridgehead atoms. The molecule has 0 unspecified atom stereocenters. The molecule has 2 aromatic rings. The van der Waals surface area contributed by atoms with Crippen LogP contribution in [0.15, 0.2) is 30.3 Å². The van der Waals surface area contributed by atoms with Gasteiger partial charge in [0.2, 0.25) is 0 Å².